The van der Waals surface area contributed by atoms with Crippen LogP contribution in [-0.2, 0) is 9.53 Å². The number of hydrogen-bond acceptors (Lipinski definition) is 7. The van der Waals surface area contributed by atoms with Crippen molar-refractivity contribution in [3.05, 3.63) is 72.2 Å². The van der Waals surface area contributed by atoms with E-state index in [1.165, 1.54) is 6.92 Å². The number of anilines is 1. The molecule has 1 fully saturated rings. The van der Waals surface area contributed by atoms with Gasteiger partial charge in [0.1, 0.15) is 5.60 Å². The summed E-state index contributed by atoms with van der Waals surface area (Å²) in [5.41, 5.74) is 4.01. The largest absolute Gasteiger partial charge is 0.444 e. The van der Waals surface area contributed by atoms with Crippen LogP contribution in [0.5, 0.6) is 0 Å². The third kappa shape index (κ3) is 6.54. The van der Waals surface area contributed by atoms with Crippen molar-refractivity contribution in [2.75, 3.05) is 25.5 Å². The summed E-state index contributed by atoms with van der Waals surface area (Å²) < 4.78 is 7.37. The lowest BCUT2D eigenvalue weighted by Crippen LogP contribution is -2.48. The highest BCUT2D eigenvalue weighted by atomic mass is 16.6. The van der Waals surface area contributed by atoms with Crippen LogP contribution in [0.4, 0.5) is 10.5 Å². The van der Waals surface area contributed by atoms with Gasteiger partial charge in [0.25, 0.3) is 5.91 Å². The van der Waals surface area contributed by atoms with Gasteiger partial charge in [0.2, 0.25) is 11.7 Å². The van der Waals surface area contributed by atoms with Crippen LogP contribution in [0.25, 0.3) is 28.2 Å². The predicted octanol–water partition coefficient (Wildman–Crippen LogP) is 5.36. The van der Waals surface area contributed by atoms with Crippen LogP contribution in [0.2, 0.25) is 0 Å². The average molecular weight is 594 g/mol. The topological polar surface area (TPSA) is 133 Å². The lowest BCUT2D eigenvalue weighted by molar-refractivity contribution is -0.114. The number of imidazole rings is 1. The first-order valence-corrected chi connectivity index (χ1v) is 14.4. The molecule has 3 heterocycles. The molecule has 1 saturated heterocycles. The second kappa shape index (κ2) is 12.2. The van der Waals surface area contributed by atoms with Crippen molar-refractivity contribution in [2.24, 2.45) is 0 Å². The molecular formula is C33H35N7O4. The number of carbonyl (C=O) groups excluding carboxylic acids is 3. The summed E-state index contributed by atoms with van der Waals surface area (Å²) in [6.45, 7) is 7.84. The molecule has 0 bridgehead atoms. The van der Waals surface area contributed by atoms with Crippen LogP contribution >= 0.6 is 0 Å². The molecule has 1 aliphatic heterocycles. The molecule has 0 aliphatic carbocycles. The lowest BCUT2D eigenvalue weighted by atomic mass is 10.0. The molecule has 4 aromatic rings. The highest BCUT2D eigenvalue weighted by Gasteiger charge is 2.31. The van der Waals surface area contributed by atoms with Crippen LogP contribution in [0, 0.1) is 11.3 Å². The molecule has 11 nitrogen and oxygen atoms in total. The van der Waals surface area contributed by atoms with E-state index in [9.17, 15) is 14.4 Å². The molecule has 1 aliphatic rings. The fraction of sp³-hybridized carbons (Fsp3) is 0.333. The van der Waals surface area contributed by atoms with E-state index in [1.54, 1.807) is 53.5 Å². The molecule has 0 atom stereocenters. The number of hydrogen-bond donors (Lipinski definition) is 1. The van der Waals surface area contributed by atoms with Crippen molar-refractivity contribution in [3.63, 3.8) is 0 Å². The molecule has 0 unspecified atom stereocenters. The van der Waals surface area contributed by atoms with Crippen molar-refractivity contribution >= 4 is 29.4 Å². The zero-order chi connectivity index (χ0) is 31.6. The first-order chi connectivity index (χ1) is 20.9. The van der Waals surface area contributed by atoms with E-state index < -0.39 is 5.60 Å². The Kier molecular flexibility index (Phi) is 8.36. The van der Waals surface area contributed by atoms with Crippen LogP contribution in [0.3, 0.4) is 0 Å². The summed E-state index contributed by atoms with van der Waals surface area (Å²) in [6, 6.07) is 14.7. The third-order valence-corrected chi connectivity index (χ3v) is 7.55. The van der Waals surface area contributed by atoms with E-state index in [-0.39, 0.29) is 23.9 Å². The minimum absolute atomic E-state index is 0.0362. The Labute approximate surface area is 256 Å². The van der Waals surface area contributed by atoms with Crippen LogP contribution in [0.1, 0.15) is 56.5 Å². The summed E-state index contributed by atoms with van der Waals surface area (Å²) in [7, 11) is 1.73. The van der Waals surface area contributed by atoms with Gasteiger partial charge in [-0.15, -0.1) is 0 Å². The Morgan fingerprint density at radius 3 is 2.30 bits per heavy atom. The molecule has 11 heteroatoms. The Hall–Kier alpha value is -5.24. The van der Waals surface area contributed by atoms with Crippen LogP contribution < -0.4 is 5.32 Å². The molecule has 1 N–H and O–H groups in total. The van der Waals surface area contributed by atoms with Crippen molar-refractivity contribution in [1.82, 2.24) is 24.2 Å². The van der Waals surface area contributed by atoms with Gasteiger partial charge < -0.3 is 19.9 Å². The van der Waals surface area contributed by atoms with Crippen LogP contribution in [0.15, 0.2) is 61.1 Å². The minimum atomic E-state index is -0.581. The van der Waals surface area contributed by atoms with E-state index in [2.05, 4.69) is 21.4 Å². The number of benzene rings is 2. The number of fused-ring (bicyclic) bond motifs is 1. The molecule has 0 radical (unpaired) electrons. The standard InChI is InChI=1S/C33H35N7O4/c1-21(41)37-28-16-24(25-18-35-31-36-19-29(40(31)20-25)23-8-6-22(17-34)7-9-23)10-11-27(28)30(42)39-14-12-26(13-15-39)38(5)32(43)44-33(2,3)4/h6-11,16,18-20,26H,12-15H2,1-5H3,(H,37,41). The number of aromatic nitrogens is 3. The van der Waals surface area contributed by atoms with Gasteiger partial charge in [0, 0.05) is 56.6 Å². The quantitative estimate of drug-likeness (QED) is 0.329. The summed E-state index contributed by atoms with van der Waals surface area (Å²) in [6.07, 6.45) is 6.19. The molecule has 226 valence electrons. The Morgan fingerprint density at radius 2 is 1.66 bits per heavy atom. The maximum atomic E-state index is 13.7. The first kappa shape index (κ1) is 30.2. The molecular weight excluding hydrogens is 558 g/mol. The second-order valence-electron chi connectivity index (χ2n) is 11.9. The SMILES string of the molecule is CC(=O)Nc1cc(-c2cnc3ncc(-c4ccc(C#N)cc4)n3c2)ccc1C(=O)N1CCC(N(C)C(=O)OC(C)(C)C)CC1. The summed E-state index contributed by atoms with van der Waals surface area (Å²) in [4.78, 5) is 50.6. The second-order valence-corrected chi connectivity index (χ2v) is 11.9. The number of amides is 3. The normalized spacial score (nSPS) is 13.8. The maximum absolute atomic E-state index is 13.7. The Balaban J connectivity index is 1.37. The third-order valence-electron chi connectivity index (χ3n) is 7.55. The van der Waals surface area contributed by atoms with Gasteiger partial charge >= 0.3 is 6.09 Å². The number of rotatable bonds is 5. The Morgan fingerprint density at radius 1 is 1.00 bits per heavy atom. The van der Waals surface area contributed by atoms with E-state index >= 15 is 0 Å². The molecule has 2 aromatic carbocycles. The number of ether oxygens (including phenoxy) is 1. The fourth-order valence-corrected chi connectivity index (χ4v) is 5.26. The van der Waals surface area contributed by atoms with Crippen molar-refractivity contribution in [1.29, 1.82) is 5.26 Å². The summed E-state index contributed by atoms with van der Waals surface area (Å²) >= 11 is 0. The summed E-state index contributed by atoms with van der Waals surface area (Å²) in [5, 5.41) is 12.0. The zero-order valence-electron chi connectivity index (χ0n) is 25.5. The van der Waals surface area contributed by atoms with Crippen molar-refractivity contribution in [2.45, 2.75) is 52.2 Å². The van der Waals surface area contributed by atoms with Gasteiger partial charge in [-0.3, -0.25) is 14.0 Å². The van der Waals surface area contributed by atoms with Crippen LogP contribution in [-0.4, -0.2) is 73.9 Å². The zero-order valence-corrected chi connectivity index (χ0v) is 25.5. The van der Waals surface area contributed by atoms with Gasteiger partial charge in [-0.1, -0.05) is 18.2 Å². The molecule has 2 aromatic heterocycles. The minimum Gasteiger partial charge on any atom is -0.444 e. The maximum Gasteiger partial charge on any atom is 0.410 e. The van der Waals surface area contributed by atoms with E-state index in [1.807, 2.05) is 49.6 Å². The number of carbonyl (C=O) groups is 3. The fourth-order valence-electron chi connectivity index (χ4n) is 5.26. The van der Waals surface area contributed by atoms with Crippen molar-refractivity contribution < 1.29 is 19.1 Å². The number of likely N-dealkylation sites (tertiary alicyclic amines) is 1. The number of piperidine rings is 1. The van der Waals surface area contributed by atoms with Gasteiger partial charge in [-0.05, 0) is 63.4 Å². The predicted molar refractivity (Wildman–Crippen MR) is 166 cm³/mol. The molecule has 3 amide bonds. The van der Waals surface area contributed by atoms with Gasteiger partial charge in [0.15, 0.2) is 0 Å². The average Bonchev–Trinajstić information content (AvgIpc) is 3.42. The molecule has 44 heavy (non-hydrogen) atoms. The van der Waals surface area contributed by atoms with Gasteiger partial charge in [-0.2, -0.15) is 5.26 Å². The summed E-state index contributed by atoms with van der Waals surface area (Å²) in [5.74, 6) is 0.0350. The van der Waals surface area contributed by atoms with Gasteiger partial charge in [0.05, 0.1) is 34.8 Å². The smallest absolute Gasteiger partial charge is 0.410 e. The molecule has 5 rings (SSSR count). The number of nitrogens with zero attached hydrogens (tertiary/aromatic N) is 6. The Bertz CT molecular complexity index is 1760. The van der Waals surface area contributed by atoms with E-state index in [0.29, 0.717) is 48.5 Å². The van der Waals surface area contributed by atoms with E-state index in [4.69, 9.17) is 10.00 Å². The van der Waals surface area contributed by atoms with Gasteiger partial charge in [-0.25, -0.2) is 14.8 Å². The lowest BCUT2D eigenvalue weighted by Gasteiger charge is -2.37. The van der Waals surface area contributed by atoms with Crippen molar-refractivity contribution in [3.8, 4) is 28.5 Å². The first-order valence-electron chi connectivity index (χ1n) is 14.4. The monoisotopic (exact) mass is 593 g/mol. The number of nitriles is 1. The van der Waals surface area contributed by atoms with E-state index in [0.717, 1.165) is 22.4 Å². The number of nitrogens with one attached hydrogen (secondary N) is 1. The highest BCUT2D eigenvalue weighted by molar-refractivity contribution is 6.04. The molecule has 0 saturated carbocycles. The highest BCUT2D eigenvalue weighted by Crippen LogP contribution is 2.30. The molecule has 0 spiro atoms.